The fraction of sp³-hybridized carbons (Fsp3) is 0.647. The van der Waals surface area contributed by atoms with Crippen LogP contribution in [0.5, 0.6) is 0 Å². The second kappa shape index (κ2) is 8.40. The number of benzene rings is 1. The van der Waals surface area contributed by atoms with Crippen molar-refractivity contribution >= 4 is 0 Å². The van der Waals surface area contributed by atoms with Crippen molar-refractivity contribution in [2.45, 2.75) is 58.0 Å². The van der Waals surface area contributed by atoms with E-state index < -0.39 is 0 Å². The van der Waals surface area contributed by atoms with Crippen molar-refractivity contribution < 1.29 is 9.47 Å². The molecule has 0 spiro atoms. The Kier molecular flexibility index (Phi) is 6.51. The zero-order valence-corrected chi connectivity index (χ0v) is 12.7. The van der Waals surface area contributed by atoms with Gasteiger partial charge in [0.05, 0.1) is 18.8 Å². The molecular formula is C17H27NO2. The number of nitrogens with one attached hydrogen (secondary N) is 1. The Morgan fingerprint density at radius 3 is 2.60 bits per heavy atom. The van der Waals surface area contributed by atoms with Crippen LogP contribution in [0.4, 0.5) is 0 Å². The largest absolute Gasteiger partial charge is 0.374 e. The van der Waals surface area contributed by atoms with Gasteiger partial charge in [0.15, 0.2) is 0 Å². The Hall–Kier alpha value is -0.900. The van der Waals surface area contributed by atoms with Gasteiger partial charge in [0.25, 0.3) is 0 Å². The minimum atomic E-state index is 0.213. The molecule has 3 unspecified atom stereocenters. The SMILES string of the molecule is CCCNC1CC(OCc2ccccc2)C1OCCC. The van der Waals surface area contributed by atoms with Gasteiger partial charge < -0.3 is 14.8 Å². The van der Waals surface area contributed by atoms with Gasteiger partial charge in [0.1, 0.15) is 0 Å². The molecule has 3 nitrogen and oxygen atoms in total. The van der Waals surface area contributed by atoms with E-state index in [4.69, 9.17) is 9.47 Å². The van der Waals surface area contributed by atoms with Crippen molar-refractivity contribution in [3.8, 4) is 0 Å². The highest BCUT2D eigenvalue weighted by Crippen LogP contribution is 2.28. The van der Waals surface area contributed by atoms with Crippen LogP contribution in [0.25, 0.3) is 0 Å². The Balaban J connectivity index is 1.78. The Labute approximate surface area is 122 Å². The van der Waals surface area contributed by atoms with Crippen LogP contribution < -0.4 is 5.32 Å². The van der Waals surface area contributed by atoms with Gasteiger partial charge in [0.2, 0.25) is 0 Å². The van der Waals surface area contributed by atoms with Crippen LogP contribution in [0, 0.1) is 0 Å². The highest BCUT2D eigenvalue weighted by atomic mass is 16.5. The molecular weight excluding hydrogens is 250 g/mol. The molecule has 20 heavy (non-hydrogen) atoms. The molecule has 3 heteroatoms. The lowest BCUT2D eigenvalue weighted by atomic mass is 9.85. The van der Waals surface area contributed by atoms with E-state index in [9.17, 15) is 0 Å². The molecule has 1 aliphatic rings. The maximum Gasteiger partial charge on any atom is 0.0990 e. The van der Waals surface area contributed by atoms with Gasteiger partial charge in [-0.05, 0) is 31.4 Å². The zero-order valence-electron chi connectivity index (χ0n) is 12.7. The molecule has 1 N–H and O–H groups in total. The zero-order chi connectivity index (χ0) is 14.2. The molecule has 1 aromatic rings. The summed E-state index contributed by atoms with van der Waals surface area (Å²) in [7, 11) is 0. The van der Waals surface area contributed by atoms with Gasteiger partial charge in [0, 0.05) is 12.6 Å². The van der Waals surface area contributed by atoms with Crippen molar-refractivity contribution in [1.82, 2.24) is 5.32 Å². The summed E-state index contributed by atoms with van der Waals surface area (Å²) < 4.78 is 12.0. The summed E-state index contributed by atoms with van der Waals surface area (Å²) in [5, 5.41) is 3.55. The van der Waals surface area contributed by atoms with Crippen LogP contribution in [0.15, 0.2) is 30.3 Å². The first-order valence-corrected chi connectivity index (χ1v) is 7.85. The molecule has 0 heterocycles. The summed E-state index contributed by atoms with van der Waals surface area (Å²) >= 11 is 0. The Bertz CT molecular complexity index is 369. The van der Waals surface area contributed by atoms with Crippen LogP contribution in [-0.2, 0) is 16.1 Å². The lowest BCUT2D eigenvalue weighted by Crippen LogP contribution is -2.60. The Morgan fingerprint density at radius 1 is 1.10 bits per heavy atom. The van der Waals surface area contributed by atoms with E-state index in [0.717, 1.165) is 32.4 Å². The number of ether oxygens (including phenoxy) is 2. The first-order chi connectivity index (χ1) is 9.85. The van der Waals surface area contributed by atoms with E-state index >= 15 is 0 Å². The minimum Gasteiger partial charge on any atom is -0.374 e. The van der Waals surface area contributed by atoms with Gasteiger partial charge in [-0.25, -0.2) is 0 Å². The van der Waals surface area contributed by atoms with E-state index in [1.807, 2.05) is 6.07 Å². The van der Waals surface area contributed by atoms with Crippen molar-refractivity contribution in [3.63, 3.8) is 0 Å². The molecule has 0 radical (unpaired) electrons. The first-order valence-electron chi connectivity index (χ1n) is 7.85. The average Bonchev–Trinajstić information content (AvgIpc) is 2.47. The molecule has 0 aromatic heterocycles. The van der Waals surface area contributed by atoms with Gasteiger partial charge in [-0.1, -0.05) is 44.2 Å². The number of rotatable bonds is 9. The summed E-state index contributed by atoms with van der Waals surface area (Å²) in [6.45, 7) is 6.89. The normalized spacial score (nSPS) is 25.4. The molecule has 1 aromatic carbocycles. The summed E-state index contributed by atoms with van der Waals surface area (Å²) in [4.78, 5) is 0. The fourth-order valence-corrected chi connectivity index (χ4v) is 2.53. The van der Waals surface area contributed by atoms with E-state index in [0.29, 0.717) is 12.6 Å². The van der Waals surface area contributed by atoms with E-state index in [1.165, 1.54) is 5.56 Å². The van der Waals surface area contributed by atoms with Crippen molar-refractivity contribution in [2.24, 2.45) is 0 Å². The fourth-order valence-electron chi connectivity index (χ4n) is 2.53. The van der Waals surface area contributed by atoms with Gasteiger partial charge in [-0.3, -0.25) is 0 Å². The smallest absolute Gasteiger partial charge is 0.0990 e. The second-order valence-corrected chi connectivity index (χ2v) is 5.47. The summed E-state index contributed by atoms with van der Waals surface area (Å²) in [6.07, 6.45) is 3.72. The average molecular weight is 277 g/mol. The maximum absolute atomic E-state index is 6.02. The molecule has 112 valence electrons. The third-order valence-corrected chi connectivity index (χ3v) is 3.73. The molecule has 0 amide bonds. The first kappa shape index (κ1) is 15.5. The van der Waals surface area contributed by atoms with Crippen molar-refractivity contribution in [2.75, 3.05) is 13.2 Å². The summed E-state index contributed by atoms with van der Waals surface area (Å²) in [6, 6.07) is 10.8. The molecule has 3 atom stereocenters. The van der Waals surface area contributed by atoms with Crippen LogP contribution in [0.1, 0.15) is 38.7 Å². The third-order valence-electron chi connectivity index (χ3n) is 3.73. The van der Waals surface area contributed by atoms with Crippen LogP contribution in [-0.4, -0.2) is 31.4 Å². The molecule has 1 aliphatic carbocycles. The van der Waals surface area contributed by atoms with Gasteiger partial charge >= 0.3 is 0 Å². The number of hydrogen-bond donors (Lipinski definition) is 1. The van der Waals surface area contributed by atoms with Crippen LogP contribution in [0.2, 0.25) is 0 Å². The number of hydrogen-bond acceptors (Lipinski definition) is 3. The topological polar surface area (TPSA) is 30.5 Å². The quantitative estimate of drug-likeness (QED) is 0.752. The van der Waals surface area contributed by atoms with Crippen molar-refractivity contribution in [1.29, 1.82) is 0 Å². The van der Waals surface area contributed by atoms with E-state index in [2.05, 4.69) is 43.4 Å². The molecule has 1 fully saturated rings. The van der Waals surface area contributed by atoms with Crippen molar-refractivity contribution in [3.05, 3.63) is 35.9 Å². The molecule has 0 bridgehead atoms. The summed E-state index contributed by atoms with van der Waals surface area (Å²) in [5.74, 6) is 0. The minimum absolute atomic E-state index is 0.213. The monoisotopic (exact) mass is 277 g/mol. The predicted octanol–water partition coefficient (Wildman–Crippen LogP) is 3.14. The van der Waals surface area contributed by atoms with Crippen LogP contribution >= 0.6 is 0 Å². The molecule has 0 aliphatic heterocycles. The second-order valence-electron chi connectivity index (χ2n) is 5.47. The lowest BCUT2D eigenvalue weighted by molar-refractivity contribution is -0.152. The Morgan fingerprint density at radius 2 is 1.90 bits per heavy atom. The molecule has 1 saturated carbocycles. The standard InChI is InChI=1S/C17H27NO2/c1-3-10-18-15-12-16(17(15)19-11-4-2)20-13-14-8-6-5-7-9-14/h5-9,15-18H,3-4,10-13H2,1-2H3. The van der Waals surface area contributed by atoms with Gasteiger partial charge in [-0.2, -0.15) is 0 Å². The van der Waals surface area contributed by atoms with Crippen LogP contribution in [0.3, 0.4) is 0 Å². The lowest BCUT2D eigenvalue weighted by Gasteiger charge is -2.44. The van der Waals surface area contributed by atoms with Gasteiger partial charge in [-0.15, -0.1) is 0 Å². The van der Waals surface area contributed by atoms with E-state index in [1.54, 1.807) is 0 Å². The molecule has 0 saturated heterocycles. The third kappa shape index (κ3) is 4.30. The molecule has 2 rings (SSSR count). The summed E-state index contributed by atoms with van der Waals surface area (Å²) in [5.41, 5.74) is 1.23. The maximum atomic E-state index is 6.02. The highest BCUT2D eigenvalue weighted by Gasteiger charge is 2.42. The van der Waals surface area contributed by atoms with E-state index in [-0.39, 0.29) is 12.2 Å². The highest BCUT2D eigenvalue weighted by molar-refractivity contribution is 5.13. The predicted molar refractivity (Wildman–Crippen MR) is 81.7 cm³/mol.